The maximum atomic E-state index is 11.7. The van der Waals surface area contributed by atoms with Gasteiger partial charge in [-0.25, -0.2) is 0 Å². The summed E-state index contributed by atoms with van der Waals surface area (Å²) < 4.78 is 23.0. The summed E-state index contributed by atoms with van der Waals surface area (Å²) in [6.45, 7) is 5.66. The third-order valence-electron chi connectivity index (χ3n) is 4.10. The fraction of sp³-hybridized carbons (Fsp3) is 0.526. The van der Waals surface area contributed by atoms with E-state index >= 15 is 0 Å². The van der Waals surface area contributed by atoms with Gasteiger partial charge in [0.1, 0.15) is 30.4 Å². The summed E-state index contributed by atoms with van der Waals surface area (Å²) in [7, 11) is 0. The summed E-state index contributed by atoms with van der Waals surface area (Å²) in [4.78, 5) is 35.4. The van der Waals surface area contributed by atoms with Gasteiger partial charge >= 0.3 is 17.9 Å². The Hall–Kier alpha value is -1.58. The quantitative estimate of drug-likeness (QED) is 0.458. The van der Waals surface area contributed by atoms with Crippen molar-refractivity contribution in [1.82, 2.24) is 0 Å². The number of carbonyl (C=O) groups excluding carboxylic acids is 3. The van der Waals surface area contributed by atoms with Gasteiger partial charge in [0.2, 0.25) is 0 Å². The van der Waals surface area contributed by atoms with E-state index in [0.29, 0.717) is 0 Å². The third kappa shape index (κ3) is 6.49. The zero-order valence-electron chi connectivity index (χ0n) is 16.0. The van der Waals surface area contributed by atoms with Gasteiger partial charge < -0.3 is 18.9 Å². The first-order valence-electron chi connectivity index (χ1n) is 8.73. The zero-order valence-corrected chi connectivity index (χ0v) is 18.4. The SMILES string of the molecule is CC(=O)OCC1O[C@H](Sc2ccc(Br)cc2)C(OC(C)=O)C(C)[C@H]1OC(C)=O. The van der Waals surface area contributed by atoms with E-state index in [9.17, 15) is 14.4 Å². The largest absolute Gasteiger partial charge is 0.463 e. The second-order valence-corrected chi connectivity index (χ2v) is 8.51. The minimum atomic E-state index is -0.719. The monoisotopic (exact) mass is 474 g/mol. The van der Waals surface area contributed by atoms with E-state index in [1.54, 1.807) is 0 Å². The lowest BCUT2D eigenvalue weighted by Gasteiger charge is -2.43. The molecule has 1 saturated heterocycles. The van der Waals surface area contributed by atoms with Gasteiger partial charge in [-0.2, -0.15) is 0 Å². The van der Waals surface area contributed by atoms with E-state index < -0.39 is 41.7 Å². The lowest BCUT2D eigenvalue weighted by molar-refractivity contribution is -0.212. The summed E-state index contributed by atoms with van der Waals surface area (Å²) in [5.74, 6) is -1.78. The number of rotatable bonds is 6. The Bertz CT molecular complexity index is 707. The first-order valence-corrected chi connectivity index (χ1v) is 10.4. The lowest BCUT2D eigenvalue weighted by atomic mass is 9.91. The predicted octanol–water partition coefficient (Wildman–Crippen LogP) is 3.33. The van der Waals surface area contributed by atoms with Crippen molar-refractivity contribution < 1.29 is 33.3 Å². The van der Waals surface area contributed by atoms with Crippen LogP contribution in [0.4, 0.5) is 0 Å². The summed E-state index contributed by atoms with van der Waals surface area (Å²) >= 11 is 4.78. The van der Waals surface area contributed by atoms with Crippen LogP contribution < -0.4 is 0 Å². The normalized spacial score (nSPS) is 27.0. The Labute approximate surface area is 176 Å². The van der Waals surface area contributed by atoms with Crippen molar-refractivity contribution in [3.05, 3.63) is 28.7 Å². The number of hydrogen-bond acceptors (Lipinski definition) is 8. The van der Waals surface area contributed by atoms with Gasteiger partial charge in [0, 0.05) is 36.1 Å². The Morgan fingerprint density at radius 2 is 1.57 bits per heavy atom. The van der Waals surface area contributed by atoms with Crippen LogP contribution in [0, 0.1) is 5.92 Å². The van der Waals surface area contributed by atoms with Gasteiger partial charge in [-0.05, 0) is 24.3 Å². The Balaban J connectivity index is 2.28. The summed E-state index contributed by atoms with van der Waals surface area (Å²) in [6.07, 6.45) is -2.05. The lowest BCUT2D eigenvalue weighted by Crippen LogP contribution is -2.56. The number of halogens is 1. The highest BCUT2D eigenvalue weighted by atomic mass is 79.9. The van der Waals surface area contributed by atoms with E-state index in [1.165, 1.54) is 32.5 Å². The van der Waals surface area contributed by atoms with E-state index in [4.69, 9.17) is 18.9 Å². The minimum absolute atomic E-state index is 0.0676. The molecule has 154 valence electrons. The molecule has 0 N–H and O–H groups in total. The first kappa shape index (κ1) is 22.7. The molecule has 1 heterocycles. The van der Waals surface area contributed by atoms with E-state index in [2.05, 4.69) is 15.9 Å². The average Bonchev–Trinajstić information content (AvgIpc) is 2.60. The van der Waals surface area contributed by atoms with Crippen LogP contribution in [0.15, 0.2) is 33.6 Å². The van der Waals surface area contributed by atoms with E-state index in [-0.39, 0.29) is 12.5 Å². The van der Waals surface area contributed by atoms with Crippen LogP contribution in [-0.2, 0) is 33.3 Å². The summed E-state index contributed by atoms with van der Waals surface area (Å²) in [6, 6.07) is 7.61. The molecule has 1 aliphatic heterocycles. The van der Waals surface area contributed by atoms with Crippen LogP contribution in [-0.4, -0.2) is 48.3 Å². The fourth-order valence-corrected chi connectivity index (χ4v) is 4.37. The van der Waals surface area contributed by atoms with Crippen molar-refractivity contribution in [2.75, 3.05) is 6.61 Å². The molecule has 28 heavy (non-hydrogen) atoms. The Kier molecular flexibility index (Phi) is 8.33. The number of hydrogen-bond donors (Lipinski definition) is 0. The van der Waals surface area contributed by atoms with Gasteiger partial charge in [-0.15, -0.1) is 0 Å². The molecule has 0 saturated carbocycles. The van der Waals surface area contributed by atoms with Crippen LogP contribution >= 0.6 is 27.7 Å². The van der Waals surface area contributed by atoms with Crippen LogP contribution in [0.3, 0.4) is 0 Å². The van der Waals surface area contributed by atoms with Gasteiger partial charge in [-0.1, -0.05) is 34.6 Å². The second kappa shape index (κ2) is 10.3. The molecule has 9 heteroatoms. The molecule has 1 fully saturated rings. The van der Waals surface area contributed by atoms with Crippen molar-refractivity contribution in [3.8, 4) is 0 Å². The fourth-order valence-electron chi connectivity index (χ4n) is 2.91. The predicted molar refractivity (Wildman–Crippen MR) is 106 cm³/mol. The van der Waals surface area contributed by atoms with E-state index in [0.717, 1.165) is 9.37 Å². The van der Waals surface area contributed by atoms with Gasteiger partial charge in [0.25, 0.3) is 0 Å². The standard InChI is InChI=1S/C19H23BrO7S/c1-10-17(25-12(3)22)16(9-24-11(2)21)27-19(18(10)26-13(4)23)28-15-7-5-14(20)6-8-15/h5-8,10,16-19H,9H2,1-4H3/t10?,16?,17-,18?,19-/m1/s1. The van der Waals surface area contributed by atoms with Gasteiger partial charge in [-0.3, -0.25) is 14.4 Å². The molecule has 5 atom stereocenters. The van der Waals surface area contributed by atoms with Crippen LogP contribution in [0.25, 0.3) is 0 Å². The summed E-state index contributed by atoms with van der Waals surface area (Å²) in [5, 5.41) is 0. The molecule has 0 aromatic heterocycles. The molecule has 0 aliphatic carbocycles. The molecule has 7 nitrogen and oxygen atoms in total. The highest BCUT2D eigenvalue weighted by Crippen LogP contribution is 2.39. The number of carbonyl (C=O) groups is 3. The van der Waals surface area contributed by atoms with Crippen LogP contribution in [0.5, 0.6) is 0 Å². The van der Waals surface area contributed by atoms with E-state index in [1.807, 2.05) is 31.2 Å². The molecule has 0 amide bonds. The van der Waals surface area contributed by atoms with Crippen LogP contribution in [0.1, 0.15) is 27.7 Å². The molecule has 1 aromatic carbocycles. The second-order valence-electron chi connectivity index (χ2n) is 6.42. The molecule has 1 aliphatic rings. The van der Waals surface area contributed by atoms with Crippen molar-refractivity contribution in [3.63, 3.8) is 0 Å². The Morgan fingerprint density at radius 3 is 2.11 bits per heavy atom. The van der Waals surface area contributed by atoms with Gasteiger partial charge in [0.15, 0.2) is 0 Å². The smallest absolute Gasteiger partial charge is 0.303 e. The van der Waals surface area contributed by atoms with Crippen molar-refractivity contribution in [2.24, 2.45) is 5.92 Å². The molecule has 0 spiro atoms. The highest BCUT2D eigenvalue weighted by Gasteiger charge is 2.48. The van der Waals surface area contributed by atoms with Gasteiger partial charge in [0.05, 0.1) is 0 Å². The number of thioether (sulfide) groups is 1. The van der Waals surface area contributed by atoms with Crippen LogP contribution in [0.2, 0.25) is 0 Å². The molecule has 0 radical (unpaired) electrons. The van der Waals surface area contributed by atoms with Crippen molar-refractivity contribution in [1.29, 1.82) is 0 Å². The third-order valence-corrected chi connectivity index (χ3v) is 5.79. The maximum absolute atomic E-state index is 11.7. The maximum Gasteiger partial charge on any atom is 0.303 e. The molecular formula is C19H23BrO7S. The number of esters is 3. The first-order chi connectivity index (χ1) is 13.2. The van der Waals surface area contributed by atoms with Crippen molar-refractivity contribution in [2.45, 2.75) is 56.3 Å². The number of benzene rings is 1. The Morgan fingerprint density at radius 1 is 1.00 bits per heavy atom. The molecule has 0 bridgehead atoms. The molecule has 2 rings (SSSR count). The molecular weight excluding hydrogens is 452 g/mol. The minimum Gasteiger partial charge on any atom is -0.463 e. The zero-order chi connectivity index (χ0) is 20.8. The number of ether oxygens (including phenoxy) is 4. The molecule has 1 aromatic rings. The average molecular weight is 475 g/mol. The van der Waals surface area contributed by atoms with Crippen molar-refractivity contribution >= 4 is 45.6 Å². The highest BCUT2D eigenvalue weighted by molar-refractivity contribution is 9.10. The molecule has 3 unspecified atom stereocenters. The topological polar surface area (TPSA) is 88.1 Å². The summed E-state index contributed by atoms with van der Waals surface area (Å²) in [5.41, 5.74) is -0.563.